The molecule has 4 rings (SSSR count). The van der Waals surface area contributed by atoms with E-state index in [0.717, 1.165) is 29.3 Å². The van der Waals surface area contributed by atoms with Gasteiger partial charge in [-0.1, -0.05) is 12.1 Å². The molecule has 0 saturated carbocycles. The number of carbonyl (C=O) groups is 1. The van der Waals surface area contributed by atoms with E-state index in [4.69, 9.17) is 23.6 Å². The molecule has 0 N–H and O–H groups in total. The summed E-state index contributed by atoms with van der Waals surface area (Å²) >= 11 is 0. The van der Waals surface area contributed by atoms with E-state index in [1.165, 1.54) is 7.11 Å². The highest BCUT2D eigenvalue weighted by molar-refractivity contribution is 5.85. The minimum atomic E-state index is -0.558. The number of benzene rings is 1. The molecule has 2 aliphatic rings. The van der Waals surface area contributed by atoms with Gasteiger partial charge >= 0.3 is 5.97 Å². The van der Waals surface area contributed by atoms with Crippen molar-refractivity contribution in [2.24, 2.45) is 11.3 Å². The van der Waals surface area contributed by atoms with Crippen molar-refractivity contribution in [3.63, 3.8) is 0 Å². The van der Waals surface area contributed by atoms with Gasteiger partial charge in [-0.3, -0.25) is 9.69 Å². The van der Waals surface area contributed by atoms with Gasteiger partial charge in [0.25, 0.3) is 0 Å². The zero-order valence-corrected chi connectivity index (χ0v) is 17.1. The summed E-state index contributed by atoms with van der Waals surface area (Å²) in [5.41, 5.74) is 1.14. The van der Waals surface area contributed by atoms with Crippen LogP contribution in [0.3, 0.4) is 0 Å². The molecule has 2 aromatic rings. The number of nitrogens with zero attached hydrogens (tertiary/aromatic N) is 2. The van der Waals surface area contributed by atoms with Gasteiger partial charge in [-0.15, -0.1) is 12.4 Å². The Morgan fingerprint density at radius 1 is 1.36 bits per heavy atom. The molecule has 2 aliphatic heterocycles. The zero-order valence-electron chi connectivity index (χ0n) is 16.3. The highest BCUT2D eigenvalue weighted by Gasteiger charge is 2.56. The van der Waals surface area contributed by atoms with E-state index in [1.54, 1.807) is 7.11 Å². The average molecular weight is 409 g/mol. The lowest BCUT2D eigenvalue weighted by Gasteiger charge is -2.23. The van der Waals surface area contributed by atoms with Crippen molar-refractivity contribution in [1.29, 1.82) is 0 Å². The van der Waals surface area contributed by atoms with Crippen LogP contribution in [0.4, 0.5) is 0 Å². The van der Waals surface area contributed by atoms with Gasteiger partial charge in [0.2, 0.25) is 5.89 Å². The van der Waals surface area contributed by atoms with Crippen molar-refractivity contribution in [2.75, 3.05) is 40.5 Å². The largest absolute Gasteiger partial charge is 0.496 e. The summed E-state index contributed by atoms with van der Waals surface area (Å²) in [6.45, 7) is 4.95. The third-order valence-electron chi connectivity index (χ3n) is 5.64. The fraction of sp³-hybridized carbons (Fsp3) is 0.500. The van der Waals surface area contributed by atoms with E-state index in [9.17, 15) is 4.79 Å². The molecule has 2 atom stereocenters. The van der Waals surface area contributed by atoms with Crippen LogP contribution in [0.25, 0.3) is 11.5 Å². The van der Waals surface area contributed by atoms with Gasteiger partial charge < -0.3 is 18.6 Å². The van der Waals surface area contributed by atoms with Crippen molar-refractivity contribution < 1.29 is 23.4 Å². The molecule has 1 aromatic heterocycles. The van der Waals surface area contributed by atoms with E-state index in [1.807, 2.05) is 31.2 Å². The first kappa shape index (κ1) is 20.6. The summed E-state index contributed by atoms with van der Waals surface area (Å²) in [5.74, 6) is 2.02. The van der Waals surface area contributed by atoms with Crippen LogP contribution in [0, 0.1) is 18.3 Å². The Morgan fingerprint density at radius 2 is 2.14 bits per heavy atom. The number of aryl methyl sites for hydroxylation is 1. The summed E-state index contributed by atoms with van der Waals surface area (Å²) in [6, 6.07) is 7.66. The van der Waals surface area contributed by atoms with Crippen molar-refractivity contribution in [3.8, 4) is 17.2 Å². The first-order chi connectivity index (χ1) is 13.1. The maximum Gasteiger partial charge on any atom is 0.315 e. The smallest absolute Gasteiger partial charge is 0.315 e. The number of likely N-dealkylation sites (tertiary alicyclic amines) is 1. The third-order valence-corrected chi connectivity index (χ3v) is 5.64. The molecule has 0 radical (unpaired) electrons. The third kappa shape index (κ3) is 3.38. The van der Waals surface area contributed by atoms with Crippen molar-refractivity contribution in [3.05, 3.63) is 35.7 Å². The maximum absolute atomic E-state index is 12.4. The van der Waals surface area contributed by atoms with Crippen molar-refractivity contribution in [1.82, 2.24) is 9.88 Å². The van der Waals surface area contributed by atoms with Gasteiger partial charge in [0.05, 0.1) is 38.7 Å². The fourth-order valence-electron chi connectivity index (χ4n) is 4.18. The molecular weight excluding hydrogens is 384 g/mol. The Morgan fingerprint density at radius 3 is 2.89 bits per heavy atom. The van der Waals surface area contributed by atoms with Crippen LogP contribution >= 0.6 is 12.4 Å². The number of methoxy groups -OCH3 is 2. The van der Waals surface area contributed by atoms with Crippen LogP contribution in [0.5, 0.6) is 5.75 Å². The molecule has 2 fully saturated rings. The second-order valence-corrected chi connectivity index (χ2v) is 7.25. The van der Waals surface area contributed by atoms with E-state index in [0.29, 0.717) is 32.2 Å². The topological polar surface area (TPSA) is 74.0 Å². The van der Waals surface area contributed by atoms with Crippen LogP contribution in [0.15, 0.2) is 28.7 Å². The van der Waals surface area contributed by atoms with Gasteiger partial charge in [-0.2, -0.15) is 0 Å². The number of oxazole rings is 1. The Hall–Kier alpha value is -2.09. The lowest BCUT2D eigenvalue weighted by Crippen LogP contribution is -2.40. The zero-order chi connectivity index (χ0) is 19.0. The second kappa shape index (κ2) is 8.11. The van der Waals surface area contributed by atoms with E-state index in [-0.39, 0.29) is 24.3 Å². The standard InChI is InChI=1S/C20H24N2O5.ClH/c1-13-16(21-18(27-13)15-6-4-5-7-17(15)24-2)9-22-8-14-10-26-12-20(14,11-22)19(23)25-3;/h4-7,14H,8-12H2,1-3H3;1H/t14-,20-;/m0./s1. The summed E-state index contributed by atoms with van der Waals surface area (Å²) in [5, 5.41) is 0. The van der Waals surface area contributed by atoms with Crippen molar-refractivity contribution >= 4 is 18.4 Å². The molecule has 0 amide bonds. The SMILES string of the molecule is COC(=O)[C@@]12COC[C@@H]1CN(Cc1nc(-c3ccccc3OC)oc1C)C2.Cl. The number of aromatic nitrogens is 1. The maximum atomic E-state index is 12.4. The summed E-state index contributed by atoms with van der Waals surface area (Å²) in [4.78, 5) is 19.3. The van der Waals surface area contributed by atoms with Crippen LogP contribution in [-0.4, -0.2) is 56.4 Å². The average Bonchev–Trinajstić information content (AvgIpc) is 3.34. The molecule has 7 nitrogen and oxygen atoms in total. The van der Waals surface area contributed by atoms with E-state index < -0.39 is 5.41 Å². The highest BCUT2D eigenvalue weighted by atomic mass is 35.5. The lowest BCUT2D eigenvalue weighted by molar-refractivity contribution is -0.153. The quantitative estimate of drug-likeness (QED) is 0.704. The van der Waals surface area contributed by atoms with Gasteiger partial charge in [0.15, 0.2) is 0 Å². The number of esters is 1. The minimum absolute atomic E-state index is 0. The Labute approximate surface area is 170 Å². The number of rotatable bonds is 5. The first-order valence-corrected chi connectivity index (χ1v) is 9.05. The summed E-state index contributed by atoms with van der Waals surface area (Å²) in [7, 11) is 3.07. The Kier molecular flexibility index (Phi) is 5.98. The summed E-state index contributed by atoms with van der Waals surface area (Å²) < 4.78 is 21.9. The van der Waals surface area contributed by atoms with Crippen LogP contribution in [0.2, 0.25) is 0 Å². The fourth-order valence-corrected chi connectivity index (χ4v) is 4.18. The molecule has 2 saturated heterocycles. The number of ether oxygens (including phenoxy) is 3. The number of hydrogen-bond donors (Lipinski definition) is 0. The molecular formula is C20H25ClN2O5. The molecule has 0 aliphatic carbocycles. The molecule has 1 aromatic carbocycles. The molecule has 3 heterocycles. The van der Waals surface area contributed by atoms with E-state index in [2.05, 4.69) is 4.90 Å². The van der Waals surface area contributed by atoms with Gasteiger partial charge in [0, 0.05) is 25.6 Å². The summed E-state index contributed by atoms with van der Waals surface area (Å²) in [6.07, 6.45) is 0. The number of fused-ring (bicyclic) bond motifs is 1. The second-order valence-electron chi connectivity index (χ2n) is 7.25. The normalized spacial score (nSPS) is 23.9. The van der Waals surface area contributed by atoms with Crippen molar-refractivity contribution in [2.45, 2.75) is 13.5 Å². The molecule has 152 valence electrons. The molecule has 0 unspecified atom stereocenters. The number of carbonyl (C=O) groups excluding carboxylic acids is 1. The predicted octanol–water partition coefficient (Wildman–Crippen LogP) is 2.70. The van der Waals surface area contributed by atoms with Gasteiger partial charge in [-0.05, 0) is 19.1 Å². The Balaban J connectivity index is 0.00000225. The molecule has 0 bridgehead atoms. The lowest BCUT2D eigenvalue weighted by atomic mass is 9.81. The number of halogens is 1. The molecule has 8 heteroatoms. The van der Waals surface area contributed by atoms with Crippen LogP contribution in [0.1, 0.15) is 11.5 Å². The molecule has 0 spiro atoms. The minimum Gasteiger partial charge on any atom is -0.496 e. The van der Waals surface area contributed by atoms with E-state index >= 15 is 0 Å². The molecule has 28 heavy (non-hydrogen) atoms. The Bertz CT molecular complexity index is 855. The van der Waals surface area contributed by atoms with Crippen LogP contribution in [-0.2, 0) is 20.8 Å². The predicted molar refractivity (Wildman–Crippen MR) is 105 cm³/mol. The van der Waals surface area contributed by atoms with Gasteiger partial charge in [-0.25, -0.2) is 4.98 Å². The van der Waals surface area contributed by atoms with Gasteiger partial charge in [0.1, 0.15) is 16.9 Å². The monoisotopic (exact) mass is 408 g/mol. The van der Waals surface area contributed by atoms with Crippen LogP contribution < -0.4 is 4.74 Å². The highest BCUT2D eigenvalue weighted by Crippen LogP contribution is 2.43. The first-order valence-electron chi connectivity index (χ1n) is 9.05. The number of para-hydroxylation sites is 1. The number of hydrogen-bond acceptors (Lipinski definition) is 7.